The van der Waals surface area contributed by atoms with E-state index in [0.29, 0.717) is 6.61 Å². The van der Waals surface area contributed by atoms with Gasteiger partial charge in [-0.25, -0.2) is 0 Å². The second-order valence-electron chi connectivity index (χ2n) is 6.41. The predicted molar refractivity (Wildman–Crippen MR) is 97.9 cm³/mol. The van der Waals surface area contributed by atoms with E-state index in [1.54, 1.807) is 0 Å². The monoisotopic (exact) mass is 323 g/mol. The highest BCUT2D eigenvalue weighted by molar-refractivity contribution is 5.70. The van der Waals surface area contributed by atoms with Crippen LogP contribution in [0.15, 0.2) is 42.5 Å². The predicted octanol–water partition coefficient (Wildman–Crippen LogP) is 4.19. The summed E-state index contributed by atoms with van der Waals surface area (Å²) in [5.74, 6) is 0.841. The highest BCUT2D eigenvalue weighted by Gasteiger charge is 2.17. The number of unbranched alkanes of at least 4 members (excludes halogenated alkanes) is 1. The summed E-state index contributed by atoms with van der Waals surface area (Å²) in [7, 11) is 0. The summed E-state index contributed by atoms with van der Waals surface area (Å²) in [6, 6.07) is 15.0. The molecule has 3 nitrogen and oxygen atoms in total. The number of anilines is 1. The lowest BCUT2D eigenvalue weighted by Crippen LogP contribution is -2.32. The van der Waals surface area contributed by atoms with Crippen molar-refractivity contribution in [1.82, 2.24) is 0 Å². The van der Waals surface area contributed by atoms with Crippen LogP contribution in [-0.2, 0) is 24.1 Å². The molecule has 1 atom stereocenters. The molecule has 1 aliphatic rings. The average Bonchev–Trinajstić information content (AvgIpc) is 2.65. The van der Waals surface area contributed by atoms with Gasteiger partial charge in [0.1, 0.15) is 24.7 Å². The molecule has 3 heteroatoms. The summed E-state index contributed by atoms with van der Waals surface area (Å²) in [6.45, 7) is 2.59. The van der Waals surface area contributed by atoms with Gasteiger partial charge in [-0.05, 0) is 60.9 Å². The SMILES string of the molecule is CCc1ccc(CCCCc2ccc3c(c2)NC(C=O)CO3)cc1. The third kappa shape index (κ3) is 4.16. The van der Waals surface area contributed by atoms with Crippen molar-refractivity contribution in [2.24, 2.45) is 0 Å². The van der Waals surface area contributed by atoms with Crippen molar-refractivity contribution in [3.63, 3.8) is 0 Å². The largest absolute Gasteiger partial charge is 0.489 e. The van der Waals surface area contributed by atoms with E-state index >= 15 is 0 Å². The summed E-state index contributed by atoms with van der Waals surface area (Å²) in [4.78, 5) is 10.9. The minimum absolute atomic E-state index is 0.237. The molecule has 1 aliphatic heterocycles. The molecule has 2 aromatic carbocycles. The van der Waals surface area contributed by atoms with Crippen LogP contribution in [0.1, 0.15) is 36.5 Å². The van der Waals surface area contributed by atoms with Gasteiger partial charge in [-0.1, -0.05) is 37.3 Å². The van der Waals surface area contributed by atoms with E-state index in [0.717, 1.165) is 43.4 Å². The van der Waals surface area contributed by atoms with Crippen LogP contribution < -0.4 is 10.1 Å². The zero-order valence-corrected chi connectivity index (χ0v) is 14.3. The summed E-state index contributed by atoms with van der Waals surface area (Å²) in [5.41, 5.74) is 5.04. The molecule has 0 saturated carbocycles. The maximum atomic E-state index is 10.9. The van der Waals surface area contributed by atoms with E-state index in [1.807, 2.05) is 6.07 Å². The molecule has 1 unspecified atom stereocenters. The van der Waals surface area contributed by atoms with Gasteiger partial charge in [0.15, 0.2) is 0 Å². The fourth-order valence-electron chi connectivity index (χ4n) is 3.07. The molecule has 126 valence electrons. The molecule has 0 fully saturated rings. The van der Waals surface area contributed by atoms with Gasteiger partial charge in [0, 0.05) is 0 Å². The van der Waals surface area contributed by atoms with E-state index in [-0.39, 0.29) is 6.04 Å². The highest BCUT2D eigenvalue weighted by Crippen LogP contribution is 2.30. The molecule has 0 amide bonds. The van der Waals surface area contributed by atoms with Crippen LogP contribution in [0, 0.1) is 0 Å². The van der Waals surface area contributed by atoms with Gasteiger partial charge >= 0.3 is 0 Å². The van der Waals surface area contributed by atoms with Crippen molar-refractivity contribution in [3.8, 4) is 5.75 Å². The topological polar surface area (TPSA) is 38.3 Å². The molecule has 1 heterocycles. The number of nitrogens with one attached hydrogen (secondary N) is 1. The fourth-order valence-corrected chi connectivity index (χ4v) is 3.07. The van der Waals surface area contributed by atoms with E-state index in [1.165, 1.54) is 23.1 Å². The Labute approximate surface area is 144 Å². The molecule has 0 saturated heterocycles. The molecule has 2 aromatic rings. The number of ether oxygens (including phenoxy) is 1. The number of carbonyl (C=O) groups excluding carboxylic acids is 1. The third-order valence-electron chi connectivity index (χ3n) is 4.58. The standard InChI is InChI=1S/C21H25NO2/c1-2-16-7-9-17(10-8-16)5-3-4-6-18-11-12-21-20(13-18)22-19(14-23)15-24-21/h7-14,19,22H,2-6,15H2,1H3. The zero-order valence-electron chi connectivity index (χ0n) is 14.3. The minimum Gasteiger partial charge on any atom is -0.489 e. The lowest BCUT2D eigenvalue weighted by Gasteiger charge is -2.24. The summed E-state index contributed by atoms with van der Waals surface area (Å²) in [6.07, 6.45) is 6.52. The number of hydrogen-bond donors (Lipinski definition) is 1. The van der Waals surface area contributed by atoms with Crippen LogP contribution in [0.2, 0.25) is 0 Å². The molecule has 24 heavy (non-hydrogen) atoms. The Morgan fingerprint density at radius 2 is 1.71 bits per heavy atom. The number of fused-ring (bicyclic) bond motifs is 1. The fraction of sp³-hybridized carbons (Fsp3) is 0.381. The molecule has 3 rings (SSSR count). The molecule has 0 aliphatic carbocycles. The van der Waals surface area contributed by atoms with Crippen LogP contribution >= 0.6 is 0 Å². The minimum atomic E-state index is -0.237. The molecule has 0 aromatic heterocycles. The number of aryl methyl sites for hydroxylation is 3. The lowest BCUT2D eigenvalue weighted by atomic mass is 10.0. The Balaban J connectivity index is 1.49. The number of benzene rings is 2. The van der Waals surface area contributed by atoms with Gasteiger partial charge in [-0.15, -0.1) is 0 Å². The normalized spacial score (nSPS) is 16.0. The van der Waals surface area contributed by atoms with E-state index < -0.39 is 0 Å². The molecule has 0 spiro atoms. The van der Waals surface area contributed by atoms with Crippen molar-refractivity contribution < 1.29 is 9.53 Å². The lowest BCUT2D eigenvalue weighted by molar-refractivity contribution is -0.109. The highest BCUT2D eigenvalue weighted by atomic mass is 16.5. The zero-order chi connectivity index (χ0) is 16.8. The van der Waals surface area contributed by atoms with Crippen molar-refractivity contribution in [1.29, 1.82) is 0 Å². The number of hydrogen-bond acceptors (Lipinski definition) is 3. The second kappa shape index (κ2) is 8.00. The summed E-state index contributed by atoms with van der Waals surface area (Å²) >= 11 is 0. The van der Waals surface area contributed by atoms with Crippen molar-refractivity contribution in [3.05, 3.63) is 59.2 Å². The van der Waals surface area contributed by atoms with Gasteiger partial charge in [0.05, 0.1) is 5.69 Å². The number of aldehydes is 1. The third-order valence-corrected chi connectivity index (χ3v) is 4.58. The quantitative estimate of drug-likeness (QED) is 0.613. The van der Waals surface area contributed by atoms with E-state index in [4.69, 9.17) is 4.74 Å². The first-order chi connectivity index (χ1) is 11.8. The van der Waals surface area contributed by atoms with E-state index in [9.17, 15) is 4.79 Å². The van der Waals surface area contributed by atoms with Crippen LogP contribution in [0.25, 0.3) is 0 Å². The molecule has 1 N–H and O–H groups in total. The van der Waals surface area contributed by atoms with Crippen molar-refractivity contribution >= 4 is 12.0 Å². The van der Waals surface area contributed by atoms with Crippen molar-refractivity contribution in [2.45, 2.75) is 45.1 Å². The Morgan fingerprint density at radius 3 is 2.42 bits per heavy atom. The smallest absolute Gasteiger partial charge is 0.145 e. The Kier molecular flexibility index (Phi) is 5.52. The summed E-state index contributed by atoms with van der Waals surface area (Å²) < 4.78 is 5.59. The second-order valence-corrected chi connectivity index (χ2v) is 6.41. The number of carbonyl (C=O) groups is 1. The Hall–Kier alpha value is -2.29. The van der Waals surface area contributed by atoms with E-state index in [2.05, 4.69) is 48.6 Å². The van der Waals surface area contributed by atoms with Crippen molar-refractivity contribution in [2.75, 3.05) is 11.9 Å². The summed E-state index contributed by atoms with van der Waals surface area (Å²) in [5, 5.41) is 3.22. The maximum absolute atomic E-state index is 10.9. The first-order valence-electron chi connectivity index (χ1n) is 8.84. The molecule has 0 radical (unpaired) electrons. The van der Waals surface area contributed by atoms with Gasteiger partial charge in [0.25, 0.3) is 0 Å². The van der Waals surface area contributed by atoms with Crippen LogP contribution in [0.3, 0.4) is 0 Å². The van der Waals surface area contributed by atoms with Crippen LogP contribution in [0.4, 0.5) is 5.69 Å². The van der Waals surface area contributed by atoms with Gasteiger partial charge in [-0.3, -0.25) is 0 Å². The first-order valence-corrected chi connectivity index (χ1v) is 8.84. The molecule has 0 bridgehead atoms. The molecular weight excluding hydrogens is 298 g/mol. The average molecular weight is 323 g/mol. The maximum Gasteiger partial charge on any atom is 0.145 e. The first kappa shape index (κ1) is 16.6. The molecular formula is C21H25NO2. The van der Waals surface area contributed by atoms with Gasteiger partial charge in [-0.2, -0.15) is 0 Å². The van der Waals surface area contributed by atoms with Crippen LogP contribution in [-0.4, -0.2) is 18.9 Å². The Morgan fingerprint density at radius 1 is 1.04 bits per heavy atom. The van der Waals surface area contributed by atoms with Gasteiger partial charge < -0.3 is 14.8 Å². The Bertz CT molecular complexity index is 679. The number of rotatable bonds is 7. The van der Waals surface area contributed by atoms with Gasteiger partial charge in [0.2, 0.25) is 0 Å². The van der Waals surface area contributed by atoms with Crippen LogP contribution in [0.5, 0.6) is 5.75 Å².